The third-order valence-corrected chi connectivity index (χ3v) is 3.84. The molecule has 1 atom stereocenters. The summed E-state index contributed by atoms with van der Waals surface area (Å²) in [6.07, 6.45) is 0. The Hall–Kier alpha value is -2.12. The SMILES string of the molecule is CC(c1nc(N)nc(N(C)C)n1)N(C)CCOc1cccc(Cl)c1. The molecular formula is C16H23ClN6O. The highest BCUT2D eigenvalue weighted by Crippen LogP contribution is 2.19. The summed E-state index contributed by atoms with van der Waals surface area (Å²) in [5, 5.41) is 0.658. The highest BCUT2D eigenvalue weighted by Gasteiger charge is 2.17. The van der Waals surface area contributed by atoms with Gasteiger partial charge in [-0.3, -0.25) is 4.90 Å². The molecule has 0 radical (unpaired) electrons. The van der Waals surface area contributed by atoms with E-state index in [1.807, 2.05) is 46.3 Å². The summed E-state index contributed by atoms with van der Waals surface area (Å²) in [5.41, 5.74) is 5.78. The van der Waals surface area contributed by atoms with E-state index in [0.29, 0.717) is 29.9 Å². The Morgan fingerprint density at radius 3 is 2.62 bits per heavy atom. The number of nitrogens with two attached hydrogens (primary N) is 1. The third kappa shape index (κ3) is 4.94. The quantitative estimate of drug-likeness (QED) is 0.820. The van der Waals surface area contributed by atoms with Gasteiger partial charge in [-0.25, -0.2) is 0 Å². The van der Waals surface area contributed by atoms with E-state index in [0.717, 1.165) is 5.75 Å². The number of halogens is 1. The molecule has 0 saturated heterocycles. The molecule has 7 nitrogen and oxygen atoms in total. The van der Waals surface area contributed by atoms with Crippen LogP contribution < -0.4 is 15.4 Å². The van der Waals surface area contributed by atoms with E-state index in [4.69, 9.17) is 22.1 Å². The molecule has 24 heavy (non-hydrogen) atoms. The lowest BCUT2D eigenvalue weighted by Gasteiger charge is -2.24. The van der Waals surface area contributed by atoms with E-state index in [1.165, 1.54) is 0 Å². The highest BCUT2D eigenvalue weighted by atomic mass is 35.5. The van der Waals surface area contributed by atoms with Crippen molar-refractivity contribution in [2.75, 3.05) is 44.9 Å². The van der Waals surface area contributed by atoms with Crippen molar-refractivity contribution in [1.82, 2.24) is 19.9 Å². The van der Waals surface area contributed by atoms with Crippen LogP contribution in [-0.2, 0) is 0 Å². The Kier molecular flexibility index (Phi) is 6.16. The van der Waals surface area contributed by atoms with Gasteiger partial charge in [0.05, 0.1) is 6.04 Å². The molecule has 0 fully saturated rings. The van der Waals surface area contributed by atoms with Gasteiger partial charge in [-0.05, 0) is 32.2 Å². The van der Waals surface area contributed by atoms with Crippen molar-refractivity contribution in [3.8, 4) is 5.75 Å². The number of likely N-dealkylation sites (N-methyl/N-ethyl adjacent to an activating group) is 1. The molecule has 2 aromatic rings. The summed E-state index contributed by atoms with van der Waals surface area (Å²) in [4.78, 5) is 16.7. The standard InChI is InChI=1S/C16H23ClN6O/c1-11(14-19-15(18)21-16(20-14)22(2)3)23(4)8-9-24-13-7-5-6-12(17)10-13/h5-7,10-11H,8-9H2,1-4H3,(H2,18,19,20,21). The van der Waals surface area contributed by atoms with Crippen LogP contribution >= 0.6 is 11.6 Å². The molecule has 1 unspecified atom stereocenters. The van der Waals surface area contributed by atoms with Crippen LogP contribution in [0.3, 0.4) is 0 Å². The minimum absolute atomic E-state index is 0.0167. The molecule has 2 N–H and O–H groups in total. The van der Waals surface area contributed by atoms with Crippen molar-refractivity contribution in [2.45, 2.75) is 13.0 Å². The Morgan fingerprint density at radius 2 is 1.96 bits per heavy atom. The normalized spacial score (nSPS) is 12.2. The van der Waals surface area contributed by atoms with Gasteiger partial charge in [0.25, 0.3) is 0 Å². The van der Waals surface area contributed by atoms with E-state index in [9.17, 15) is 0 Å². The first-order chi connectivity index (χ1) is 11.4. The van der Waals surface area contributed by atoms with Gasteiger partial charge in [-0.2, -0.15) is 15.0 Å². The van der Waals surface area contributed by atoms with Crippen molar-refractivity contribution >= 4 is 23.5 Å². The Morgan fingerprint density at radius 1 is 1.21 bits per heavy atom. The molecule has 2 rings (SSSR count). The summed E-state index contributed by atoms with van der Waals surface area (Å²) in [5.74, 6) is 2.16. The maximum atomic E-state index is 5.94. The number of anilines is 2. The topological polar surface area (TPSA) is 80.4 Å². The predicted molar refractivity (Wildman–Crippen MR) is 96.6 cm³/mol. The lowest BCUT2D eigenvalue weighted by molar-refractivity contribution is 0.196. The molecule has 0 amide bonds. The molecule has 0 aliphatic rings. The number of hydrogen-bond donors (Lipinski definition) is 1. The summed E-state index contributed by atoms with van der Waals surface area (Å²) in [6.45, 7) is 3.26. The molecule has 0 bridgehead atoms. The third-order valence-electron chi connectivity index (χ3n) is 3.60. The summed E-state index contributed by atoms with van der Waals surface area (Å²) in [7, 11) is 5.72. The molecule has 8 heteroatoms. The zero-order valence-corrected chi connectivity index (χ0v) is 15.2. The molecule has 0 aliphatic heterocycles. The van der Waals surface area contributed by atoms with E-state index in [-0.39, 0.29) is 12.0 Å². The van der Waals surface area contributed by atoms with Gasteiger partial charge in [0, 0.05) is 25.7 Å². The first-order valence-electron chi connectivity index (χ1n) is 7.64. The van der Waals surface area contributed by atoms with E-state index >= 15 is 0 Å². The number of aromatic nitrogens is 3. The zero-order chi connectivity index (χ0) is 17.7. The number of hydrogen-bond acceptors (Lipinski definition) is 7. The minimum Gasteiger partial charge on any atom is -0.492 e. The van der Waals surface area contributed by atoms with Crippen molar-refractivity contribution < 1.29 is 4.74 Å². The molecule has 130 valence electrons. The summed E-state index contributed by atoms with van der Waals surface area (Å²) >= 11 is 5.94. The first kappa shape index (κ1) is 18.2. The highest BCUT2D eigenvalue weighted by molar-refractivity contribution is 6.30. The van der Waals surface area contributed by atoms with Gasteiger partial charge in [0.15, 0.2) is 5.82 Å². The van der Waals surface area contributed by atoms with Crippen LogP contribution in [0, 0.1) is 0 Å². The van der Waals surface area contributed by atoms with Crippen LogP contribution in [0.5, 0.6) is 5.75 Å². The second-order valence-electron chi connectivity index (χ2n) is 5.71. The molecule has 0 spiro atoms. The molecule has 1 aromatic carbocycles. The van der Waals surface area contributed by atoms with Crippen LogP contribution in [0.25, 0.3) is 0 Å². The zero-order valence-electron chi connectivity index (χ0n) is 14.4. The van der Waals surface area contributed by atoms with Gasteiger partial charge in [0.2, 0.25) is 11.9 Å². The van der Waals surface area contributed by atoms with Gasteiger partial charge in [-0.1, -0.05) is 17.7 Å². The van der Waals surface area contributed by atoms with Crippen molar-refractivity contribution in [1.29, 1.82) is 0 Å². The fourth-order valence-electron chi connectivity index (χ4n) is 2.04. The second kappa shape index (κ2) is 8.12. The van der Waals surface area contributed by atoms with Crippen LogP contribution in [0.2, 0.25) is 5.02 Å². The molecule has 0 aliphatic carbocycles. The van der Waals surface area contributed by atoms with Gasteiger partial charge < -0.3 is 15.4 Å². The molecule has 0 saturated carbocycles. The van der Waals surface area contributed by atoms with E-state index < -0.39 is 0 Å². The van der Waals surface area contributed by atoms with Gasteiger partial charge in [0.1, 0.15) is 12.4 Å². The van der Waals surface area contributed by atoms with Crippen LogP contribution in [-0.4, -0.2) is 54.1 Å². The van der Waals surface area contributed by atoms with Gasteiger partial charge in [-0.15, -0.1) is 0 Å². The van der Waals surface area contributed by atoms with Crippen molar-refractivity contribution in [3.63, 3.8) is 0 Å². The number of nitrogen functional groups attached to an aromatic ring is 1. The molecule has 1 heterocycles. The van der Waals surface area contributed by atoms with Crippen molar-refractivity contribution in [3.05, 3.63) is 35.1 Å². The van der Waals surface area contributed by atoms with Gasteiger partial charge >= 0.3 is 0 Å². The lowest BCUT2D eigenvalue weighted by atomic mass is 10.3. The fourth-order valence-corrected chi connectivity index (χ4v) is 2.22. The second-order valence-corrected chi connectivity index (χ2v) is 6.15. The molecular weight excluding hydrogens is 328 g/mol. The largest absolute Gasteiger partial charge is 0.492 e. The maximum absolute atomic E-state index is 5.94. The lowest BCUT2D eigenvalue weighted by Crippen LogP contribution is -2.29. The van der Waals surface area contributed by atoms with Crippen LogP contribution in [0.4, 0.5) is 11.9 Å². The fraction of sp³-hybridized carbons (Fsp3) is 0.438. The van der Waals surface area contributed by atoms with E-state index in [1.54, 1.807) is 11.0 Å². The van der Waals surface area contributed by atoms with Crippen LogP contribution in [0.1, 0.15) is 18.8 Å². The van der Waals surface area contributed by atoms with E-state index in [2.05, 4.69) is 19.9 Å². The first-order valence-corrected chi connectivity index (χ1v) is 8.02. The average molecular weight is 351 g/mol. The van der Waals surface area contributed by atoms with Crippen LogP contribution in [0.15, 0.2) is 24.3 Å². The number of benzene rings is 1. The summed E-state index contributed by atoms with van der Waals surface area (Å²) < 4.78 is 5.72. The number of rotatable bonds is 7. The predicted octanol–water partition coefficient (Wildman–Crippen LogP) is 2.25. The number of ether oxygens (including phenoxy) is 1. The number of nitrogens with zero attached hydrogens (tertiary/aromatic N) is 5. The average Bonchev–Trinajstić information content (AvgIpc) is 2.53. The van der Waals surface area contributed by atoms with Crippen molar-refractivity contribution in [2.24, 2.45) is 0 Å². The summed E-state index contributed by atoms with van der Waals surface area (Å²) in [6, 6.07) is 7.33. The molecule has 1 aromatic heterocycles. The smallest absolute Gasteiger partial charge is 0.229 e. The Balaban J connectivity index is 1.95. The maximum Gasteiger partial charge on any atom is 0.229 e. The Labute approximate surface area is 147 Å². The monoisotopic (exact) mass is 350 g/mol. The Bertz CT molecular complexity index is 681. The minimum atomic E-state index is -0.0167.